The maximum atomic E-state index is 12.5. The number of amides is 2. The lowest BCUT2D eigenvalue weighted by molar-refractivity contribution is 0.206. The van der Waals surface area contributed by atoms with Gasteiger partial charge >= 0.3 is 6.03 Å². The third-order valence-electron chi connectivity index (χ3n) is 3.86. The molecule has 1 aliphatic rings. The topological polar surface area (TPSA) is 67.6 Å². The third-order valence-corrected chi connectivity index (χ3v) is 3.86. The molecule has 1 atom stereocenters. The van der Waals surface area contributed by atoms with Crippen molar-refractivity contribution in [3.8, 4) is 5.75 Å². The first-order valence-electron chi connectivity index (χ1n) is 7.32. The molecule has 2 heterocycles. The molecular weight excluding hydrogens is 282 g/mol. The van der Waals surface area contributed by atoms with Crippen molar-refractivity contribution in [3.05, 3.63) is 41.7 Å². The summed E-state index contributed by atoms with van der Waals surface area (Å²) < 4.78 is 10.2. The van der Waals surface area contributed by atoms with Gasteiger partial charge < -0.3 is 14.2 Å². The second-order valence-electron chi connectivity index (χ2n) is 5.38. The minimum Gasteiger partial charge on any atom is -0.497 e. The van der Waals surface area contributed by atoms with E-state index in [9.17, 15) is 4.79 Å². The largest absolute Gasteiger partial charge is 0.497 e. The van der Waals surface area contributed by atoms with Crippen LogP contribution in [-0.4, -0.2) is 29.7 Å². The van der Waals surface area contributed by atoms with Crippen molar-refractivity contribution in [1.29, 1.82) is 0 Å². The summed E-state index contributed by atoms with van der Waals surface area (Å²) in [6.45, 7) is 2.52. The van der Waals surface area contributed by atoms with Crippen LogP contribution in [0.15, 0.2) is 34.9 Å². The van der Waals surface area contributed by atoms with Gasteiger partial charge in [-0.3, -0.25) is 5.32 Å². The minimum absolute atomic E-state index is 0.0584. The van der Waals surface area contributed by atoms with E-state index in [0.717, 1.165) is 30.7 Å². The molecule has 6 heteroatoms. The zero-order valence-corrected chi connectivity index (χ0v) is 12.7. The first-order valence-corrected chi connectivity index (χ1v) is 7.32. The number of rotatable bonds is 3. The summed E-state index contributed by atoms with van der Waals surface area (Å²) in [6, 6.07) is 9.47. The van der Waals surface area contributed by atoms with Crippen molar-refractivity contribution in [2.24, 2.45) is 0 Å². The monoisotopic (exact) mass is 301 g/mol. The van der Waals surface area contributed by atoms with E-state index >= 15 is 0 Å². The van der Waals surface area contributed by atoms with E-state index in [1.165, 1.54) is 0 Å². The van der Waals surface area contributed by atoms with E-state index in [-0.39, 0.29) is 12.1 Å². The molecule has 0 saturated carbocycles. The molecule has 2 amide bonds. The van der Waals surface area contributed by atoms with Crippen molar-refractivity contribution >= 4 is 11.8 Å². The zero-order valence-electron chi connectivity index (χ0n) is 12.7. The zero-order chi connectivity index (χ0) is 15.5. The highest BCUT2D eigenvalue weighted by molar-refractivity contribution is 5.88. The number of hydrogen-bond donors (Lipinski definition) is 1. The van der Waals surface area contributed by atoms with Gasteiger partial charge in [0.15, 0.2) is 5.82 Å². The molecule has 1 unspecified atom stereocenters. The quantitative estimate of drug-likeness (QED) is 0.944. The van der Waals surface area contributed by atoms with Crippen LogP contribution in [0.2, 0.25) is 0 Å². The van der Waals surface area contributed by atoms with Crippen LogP contribution in [0.1, 0.15) is 30.2 Å². The van der Waals surface area contributed by atoms with E-state index in [1.807, 2.05) is 29.2 Å². The molecule has 116 valence electrons. The molecule has 1 N–H and O–H groups in total. The first-order chi connectivity index (χ1) is 10.7. The predicted molar refractivity (Wildman–Crippen MR) is 81.9 cm³/mol. The smallest absolute Gasteiger partial charge is 0.323 e. The van der Waals surface area contributed by atoms with Crippen LogP contribution < -0.4 is 10.1 Å². The van der Waals surface area contributed by atoms with E-state index in [1.54, 1.807) is 20.1 Å². The molecule has 0 bridgehead atoms. The lowest BCUT2D eigenvalue weighted by Gasteiger charge is -2.25. The fourth-order valence-electron chi connectivity index (χ4n) is 2.81. The average Bonchev–Trinajstić information content (AvgIpc) is 3.16. The number of anilines is 1. The van der Waals surface area contributed by atoms with Gasteiger partial charge in [-0.05, 0) is 37.5 Å². The third kappa shape index (κ3) is 2.90. The van der Waals surface area contributed by atoms with Crippen molar-refractivity contribution in [2.45, 2.75) is 25.8 Å². The highest BCUT2D eigenvalue weighted by Gasteiger charge is 2.30. The normalized spacial score (nSPS) is 17.5. The number of hydrogen-bond acceptors (Lipinski definition) is 4. The van der Waals surface area contributed by atoms with Gasteiger partial charge in [0, 0.05) is 12.6 Å². The summed E-state index contributed by atoms with van der Waals surface area (Å²) >= 11 is 0. The van der Waals surface area contributed by atoms with Crippen LogP contribution in [0.5, 0.6) is 5.75 Å². The average molecular weight is 301 g/mol. The molecule has 1 saturated heterocycles. The van der Waals surface area contributed by atoms with Crippen LogP contribution in [0.25, 0.3) is 0 Å². The maximum Gasteiger partial charge on any atom is 0.323 e. The van der Waals surface area contributed by atoms with Gasteiger partial charge in [0.25, 0.3) is 0 Å². The van der Waals surface area contributed by atoms with Crippen molar-refractivity contribution in [2.75, 3.05) is 19.0 Å². The SMILES string of the molecule is COc1cccc(C2CCCN2C(=O)Nc2cc(C)on2)c1. The maximum absolute atomic E-state index is 12.5. The summed E-state index contributed by atoms with van der Waals surface area (Å²) in [5.41, 5.74) is 1.09. The number of aromatic nitrogens is 1. The number of benzene rings is 1. The van der Waals surface area contributed by atoms with Gasteiger partial charge in [0.2, 0.25) is 0 Å². The summed E-state index contributed by atoms with van der Waals surface area (Å²) in [5, 5.41) is 6.58. The van der Waals surface area contributed by atoms with E-state index in [0.29, 0.717) is 11.6 Å². The number of likely N-dealkylation sites (tertiary alicyclic amines) is 1. The van der Waals surface area contributed by atoms with Gasteiger partial charge in [-0.25, -0.2) is 4.79 Å². The summed E-state index contributed by atoms with van der Waals surface area (Å²) in [5.74, 6) is 1.91. The van der Waals surface area contributed by atoms with Crippen molar-refractivity contribution < 1.29 is 14.1 Å². The molecule has 22 heavy (non-hydrogen) atoms. The van der Waals surface area contributed by atoms with Crippen LogP contribution in [0.4, 0.5) is 10.6 Å². The first kappa shape index (κ1) is 14.4. The van der Waals surface area contributed by atoms with Gasteiger partial charge in [-0.15, -0.1) is 0 Å². The highest BCUT2D eigenvalue weighted by atomic mass is 16.5. The van der Waals surface area contributed by atoms with Crippen molar-refractivity contribution in [1.82, 2.24) is 10.1 Å². The number of carbonyl (C=O) groups excluding carboxylic acids is 1. The fourth-order valence-corrected chi connectivity index (χ4v) is 2.81. The van der Waals surface area contributed by atoms with Crippen LogP contribution >= 0.6 is 0 Å². The Hall–Kier alpha value is -2.50. The molecule has 1 aliphatic heterocycles. The molecule has 1 fully saturated rings. The molecule has 0 spiro atoms. The Balaban J connectivity index is 1.75. The Morgan fingerprint density at radius 3 is 3.05 bits per heavy atom. The minimum atomic E-state index is -0.154. The lowest BCUT2D eigenvalue weighted by atomic mass is 10.0. The number of nitrogens with one attached hydrogen (secondary N) is 1. The van der Waals surface area contributed by atoms with Crippen molar-refractivity contribution in [3.63, 3.8) is 0 Å². The van der Waals surface area contributed by atoms with E-state index in [4.69, 9.17) is 9.26 Å². The van der Waals surface area contributed by atoms with Gasteiger partial charge in [-0.1, -0.05) is 17.3 Å². The van der Waals surface area contributed by atoms with Gasteiger partial charge in [0.1, 0.15) is 11.5 Å². The van der Waals surface area contributed by atoms with E-state index in [2.05, 4.69) is 10.5 Å². The lowest BCUT2D eigenvalue weighted by Crippen LogP contribution is -2.34. The molecule has 2 aromatic rings. The molecule has 3 rings (SSSR count). The summed E-state index contributed by atoms with van der Waals surface area (Å²) in [7, 11) is 1.64. The summed E-state index contributed by atoms with van der Waals surface area (Å²) in [4.78, 5) is 14.3. The fraction of sp³-hybridized carbons (Fsp3) is 0.375. The number of urea groups is 1. The van der Waals surface area contributed by atoms with Crippen LogP contribution in [-0.2, 0) is 0 Å². The number of aryl methyl sites for hydroxylation is 1. The van der Waals surface area contributed by atoms with Gasteiger partial charge in [-0.2, -0.15) is 0 Å². The Kier molecular flexibility index (Phi) is 4.00. The molecule has 1 aromatic carbocycles. The Morgan fingerprint density at radius 2 is 2.32 bits per heavy atom. The highest BCUT2D eigenvalue weighted by Crippen LogP contribution is 2.33. The number of ether oxygens (including phenoxy) is 1. The molecule has 0 aliphatic carbocycles. The molecular formula is C16H19N3O3. The number of methoxy groups -OCH3 is 1. The Labute approximate surface area is 129 Å². The number of nitrogens with zero attached hydrogens (tertiary/aromatic N) is 2. The second-order valence-corrected chi connectivity index (χ2v) is 5.38. The molecule has 6 nitrogen and oxygen atoms in total. The Morgan fingerprint density at radius 1 is 1.45 bits per heavy atom. The summed E-state index contributed by atoms with van der Waals surface area (Å²) in [6.07, 6.45) is 1.92. The predicted octanol–water partition coefficient (Wildman–Crippen LogP) is 3.36. The number of carbonyl (C=O) groups is 1. The Bertz CT molecular complexity index is 668. The van der Waals surface area contributed by atoms with Gasteiger partial charge in [0.05, 0.1) is 13.2 Å². The van der Waals surface area contributed by atoms with Crippen LogP contribution in [0.3, 0.4) is 0 Å². The second kappa shape index (κ2) is 6.09. The van der Waals surface area contributed by atoms with E-state index < -0.39 is 0 Å². The molecule has 1 aromatic heterocycles. The standard InChI is InChI=1S/C16H19N3O3/c1-11-9-15(18-22-11)17-16(20)19-8-4-7-14(19)12-5-3-6-13(10-12)21-2/h3,5-6,9-10,14H,4,7-8H2,1-2H3,(H,17,18,20). The molecule has 0 radical (unpaired) electrons. The van der Waals surface area contributed by atoms with Crippen LogP contribution in [0, 0.1) is 6.92 Å².